The Morgan fingerprint density at radius 1 is 0.781 bits per heavy atom. The van der Waals surface area contributed by atoms with Crippen molar-refractivity contribution in [2.24, 2.45) is 17.8 Å². The number of hydrogen-bond acceptors (Lipinski definition) is 0. The summed E-state index contributed by atoms with van der Waals surface area (Å²) in [4.78, 5) is 0. The van der Waals surface area contributed by atoms with Gasteiger partial charge in [-0.2, -0.15) is 0 Å². The highest BCUT2D eigenvalue weighted by atomic mass is 19.1. The maximum atomic E-state index is 12.2. The summed E-state index contributed by atoms with van der Waals surface area (Å²) in [6.07, 6.45) is 27.1. The summed E-state index contributed by atoms with van der Waals surface area (Å²) in [5, 5.41) is 0. The molecule has 0 radical (unpaired) electrons. The zero-order valence-corrected chi connectivity index (χ0v) is 20.9. The molecule has 2 saturated carbocycles. The average molecular weight is 441 g/mol. The maximum absolute atomic E-state index is 12.2. The molecule has 0 aromatic heterocycles. The van der Waals surface area contributed by atoms with Crippen LogP contribution in [-0.2, 0) is 6.42 Å². The highest BCUT2D eigenvalue weighted by molar-refractivity contribution is 5.26. The first-order chi connectivity index (χ1) is 15.8. The first-order valence-electron chi connectivity index (χ1n) is 14.1. The summed E-state index contributed by atoms with van der Waals surface area (Å²) in [5.41, 5.74) is 3.13. The first kappa shape index (κ1) is 25.5. The van der Waals surface area contributed by atoms with Crippen molar-refractivity contribution in [3.05, 3.63) is 47.5 Å². The van der Waals surface area contributed by atoms with Gasteiger partial charge in [-0.3, -0.25) is 4.39 Å². The Hall–Kier alpha value is -1.11. The number of rotatable bonds is 13. The minimum Gasteiger partial charge on any atom is -0.251 e. The molecule has 1 aromatic rings. The van der Waals surface area contributed by atoms with E-state index < -0.39 is 0 Å². The summed E-state index contributed by atoms with van der Waals surface area (Å²) in [6.45, 7) is 2.08. The van der Waals surface area contributed by atoms with Crippen LogP contribution in [-0.4, -0.2) is 6.67 Å². The van der Waals surface area contributed by atoms with Gasteiger partial charge in [-0.15, -0.1) is 0 Å². The van der Waals surface area contributed by atoms with Crippen molar-refractivity contribution >= 4 is 0 Å². The second kappa shape index (κ2) is 14.9. The molecule has 1 heteroatoms. The zero-order chi connectivity index (χ0) is 22.4. The van der Waals surface area contributed by atoms with Gasteiger partial charge in [0.05, 0.1) is 6.67 Å². The molecule has 3 rings (SSSR count). The Kier molecular flexibility index (Phi) is 11.9. The highest BCUT2D eigenvalue weighted by Gasteiger charge is 2.24. The Morgan fingerprint density at radius 3 is 2.03 bits per heavy atom. The number of unbranched alkanes of at least 4 members (excludes halogenated alkanes) is 4. The minimum atomic E-state index is -0.210. The van der Waals surface area contributed by atoms with Crippen LogP contribution in [0.2, 0.25) is 0 Å². The quantitative estimate of drug-likeness (QED) is 0.211. The maximum Gasteiger partial charge on any atom is 0.0928 e. The molecule has 0 spiro atoms. The zero-order valence-electron chi connectivity index (χ0n) is 20.9. The molecular formula is C31H49F. The lowest BCUT2D eigenvalue weighted by atomic mass is 9.74. The molecule has 0 unspecified atom stereocenters. The molecule has 0 nitrogen and oxygen atoms in total. The van der Waals surface area contributed by atoms with Crippen LogP contribution in [0.4, 0.5) is 4.39 Å². The third-order valence-electron chi connectivity index (χ3n) is 8.43. The lowest BCUT2D eigenvalue weighted by Gasteiger charge is -2.31. The van der Waals surface area contributed by atoms with Crippen LogP contribution in [0.5, 0.6) is 0 Å². The fourth-order valence-corrected chi connectivity index (χ4v) is 6.17. The SMILES string of the molecule is CCCCCCCc1ccc([C@H]2CC[C@H](CC[C@H]3CC[C@H](C=CCCF)CC3)CC2)cc1. The summed E-state index contributed by atoms with van der Waals surface area (Å²) in [6, 6.07) is 9.69. The lowest BCUT2D eigenvalue weighted by Crippen LogP contribution is -2.17. The van der Waals surface area contributed by atoms with E-state index in [4.69, 9.17) is 0 Å². The van der Waals surface area contributed by atoms with Crippen LogP contribution < -0.4 is 0 Å². The molecule has 32 heavy (non-hydrogen) atoms. The molecule has 0 amide bonds. The largest absolute Gasteiger partial charge is 0.251 e. The topological polar surface area (TPSA) is 0 Å². The fraction of sp³-hybridized carbons (Fsp3) is 0.742. The molecule has 0 N–H and O–H groups in total. The fourth-order valence-electron chi connectivity index (χ4n) is 6.17. The van der Waals surface area contributed by atoms with Gasteiger partial charge >= 0.3 is 0 Å². The molecule has 0 bridgehead atoms. The number of halogens is 1. The molecule has 0 aliphatic heterocycles. The van der Waals surface area contributed by atoms with Crippen LogP contribution in [0.3, 0.4) is 0 Å². The van der Waals surface area contributed by atoms with Crippen molar-refractivity contribution in [2.45, 2.75) is 122 Å². The second-order valence-corrected chi connectivity index (χ2v) is 10.9. The monoisotopic (exact) mass is 440 g/mol. The average Bonchev–Trinajstić information content (AvgIpc) is 2.84. The standard InChI is InChI=1S/C31H49F/c1-2-3-4-5-6-9-27-17-21-30(22-18-27)31-23-19-29(20-24-31)16-15-28-13-11-26(12-14-28)10-7-8-25-32/h7,10,17-18,21-22,26,28-29,31H,2-6,8-9,11-16,19-20,23-25H2,1H3/t26-,28-,29-,31-. The highest BCUT2D eigenvalue weighted by Crippen LogP contribution is 2.40. The van der Waals surface area contributed by atoms with Gasteiger partial charge < -0.3 is 0 Å². The number of benzene rings is 1. The number of alkyl halides is 1. The lowest BCUT2D eigenvalue weighted by molar-refractivity contribution is 0.246. The van der Waals surface area contributed by atoms with Gasteiger partial charge in [0.2, 0.25) is 0 Å². The van der Waals surface area contributed by atoms with Crippen LogP contribution in [0.25, 0.3) is 0 Å². The van der Waals surface area contributed by atoms with E-state index in [1.807, 2.05) is 0 Å². The molecule has 0 atom stereocenters. The van der Waals surface area contributed by atoms with E-state index in [2.05, 4.69) is 43.3 Å². The van der Waals surface area contributed by atoms with Crippen molar-refractivity contribution < 1.29 is 4.39 Å². The van der Waals surface area contributed by atoms with Gasteiger partial charge in [0.15, 0.2) is 0 Å². The Bertz CT molecular complexity index is 614. The van der Waals surface area contributed by atoms with E-state index in [-0.39, 0.29) is 6.67 Å². The Labute approximate surface area is 198 Å². The number of allylic oxidation sites excluding steroid dienone is 2. The van der Waals surface area contributed by atoms with Gasteiger partial charge in [0.1, 0.15) is 0 Å². The molecule has 1 aromatic carbocycles. The summed E-state index contributed by atoms with van der Waals surface area (Å²) < 4.78 is 12.2. The van der Waals surface area contributed by atoms with Crippen LogP contribution in [0.1, 0.15) is 127 Å². The van der Waals surface area contributed by atoms with E-state index in [1.165, 1.54) is 108 Å². The van der Waals surface area contributed by atoms with Crippen molar-refractivity contribution in [3.8, 4) is 0 Å². The van der Waals surface area contributed by atoms with Crippen LogP contribution in [0, 0.1) is 17.8 Å². The third kappa shape index (κ3) is 9.03. The van der Waals surface area contributed by atoms with Crippen LogP contribution in [0.15, 0.2) is 36.4 Å². The van der Waals surface area contributed by atoms with E-state index in [9.17, 15) is 4.39 Å². The van der Waals surface area contributed by atoms with Crippen molar-refractivity contribution in [3.63, 3.8) is 0 Å². The van der Waals surface area contributed by atoms with Gasteiger partial charge in [0.25, 0.3) is 0 Å². The van der Waals surface area contributed by atoms with E-state index in [0.717, 1.165) is 23.7 Å². The molecule has 2 fully saturated rings. The summed E-state index contributed by atoms with van der Waals surface area (Å²) >= 11 is 0. The second-order valence-electron chi connectivity index (χ2n) is 10.9. The molecule has 0 saturated heterocycles. The molecule has 0 heterocycles. The molecule has 2 aliphatic rings. The Morgan fingerprint density at radius 2 is 1.41 bits per heavy atom. The predicted octanol–water partition coefficient (Wildman–Crippen LogP) is 9.98. The summed E-state index contributed by atoms with van der Waals surface area (Å²) in [5.74, 6) is 3.45. The summed E-state index contributed by atoms with van der Waals surface area (Å²) in [7, 11) is 0. The first-order valence-corrected chi connectivity index (χ1v) is 14.1. The molecule has 2 aliphatic carbocycles. The van der Waals surface area contributed by atoms with Gasteiger partial charge in [0, 0.05) is 0 Å². The number of aryl methyl sites for hydroxylation is 1. The van der Waals surface area contributed by atoms with Gasteiger partial charge in [-0.1, -0.05) is 81.9 Å². The van der Waals surface area contributed by atoms with Crippen molar-refractivity contribution in [1.82, 2.24) is 0 Å². The smallest absolute Gasteiger partial charge is 0.0928 e. The van der Waals surface area contributed by atoms with Gasteiger partial charge in [-0.25, -0.2) is 0 Å². The van der Waals surface area contributed by atoms with E-state index in [1.54, 1.807) is 5.56 Å². The van der Waals surface area contributed by atoms with Gasteiger partial charge in [-0.05, 0) is 105 Å². The molecular weight excluding hydrogens is 391 g/mol. The normalized spacial score (nSPS) is 26.6. The Balaban J connectivity index is 1.29. The predicted molar refractivity (Wildman–Crippen MR) is 138 cm³/mol. The van der Waals surface area contributed by atoms with E-state index >= 15 is 0 Å². The van der Waals surface area contributed by atoms with Crippen molar-refractivity contribution in [1.29, 1.82) is 0 Å². The van der Waals surface area contributed by atoms with Crippen LogP contribution >= 0.6 is 0 Å². The number of hydrogen-bond donors (Lipinski definition) is 0. The minimum absolute atomic E-state index is 0.210. The van der Waals surface area contributed by atoms with E-state index in [0.29, 0.717) is 6.42 Å². The molecule has 180 valence electrons. The van der Waals surface area contributed by atoms with Crippen molar-refractivity contribution in [2.75, 3.05) is 6.67 Å². The third-order valence-corrected chi connectivity index (χ3v) is 8.43.